The van der Waals surface area contributed by atoms with Crippen molar-refractivity contribution in [1.29, 1.82) is 0 Å². The fourth-order valence-corrected chi connectivity index (χ4v) is 15.1. The van der Waals surface area contributed by atoms with Crippen LogP contribution < -0.4 is 0 Å². The van der Waals surface area contributed by atoms with E-state index in [1.807, 2.05) is 6.92 Å². The van der Waals surface area contributed by atoms with Gasteiger partial charge in [-0.05, 0) is 104 Å². The number of esters is 2. The van der Waals surface area contributed by atoms with Crippen molar-refractivity contribution in [2.75, 3.05) is 26.9 Å². The zero-order valence-corrected chi connectivity index (χ0v) is 40.8. The van der Waals surface area contributed by atoms with Gasteiger partial charge in [-0.25, -0.2) is 4.79 Å². The maximum Gasteiger partial charge on any atom is 0.337 e. The minimum atomic E-state index is -1.89. The Morgan fingerprint density at radius 3 is 1.86 bits per heavy atom. The normalized spacial score (nSPS) is 52.8. The quantitative estimate of drug-likeness (QED) is 0.0732. The molecule has 3 aliphatic heterocycles. The highest BCUT2D eigenvalue weighted by molar-refractivity contribution is 5.79. The number of aliphatic hydroxyl groups excluding tert-OH is 11. The number of carbonyl (C=O) groups excluding carboxylic acids is 2. The molecule has 4 saturated carbocycles. The highest BCUT2D eigenvalue weighted by Crippen LogP contribution is 2.76. The zero-order valence-electron chi connectivity index (χ0n) is 40.8. The molecule has 3 heterocycles. The van der Waals surface area contributed by atoms with Gasteiger partial charge in [0.15, 0.2) is 18.7 Å². The van der Waals surface area contributed by atoms with Crippen LogP contribution in [0, 0.1) is 50.2 Å². The van der Waals surface area contributed by atoms with E-state index in [0.717, 1.165) is 26.4 Å². The summed E-state index contributed by atoms with van der Waals surface area (Å²) in [6.07, 6.45) is -17.1. The van der Waals surface area contributed by atoms with E-state index in [0.29, 0.717) is 44.9 Å². The fraction of sp³-hybridized carbons (Fsp3) is 0.918. The smallest absolute Gasteiger partial charge is 0.337 e. The number of rotatable bonds is 10. The SMILES string of the molecule is COC(=O)C1OC(OC2CCC3(C)C(CCC4(C)C3CC=C3C5CC(C)(C)CCC5(C(=O)OC5OC(CO)C(O)C(O)C5O)CCC34C)C2(C)CO)C(O)C(OC2OC(CO)C(O)C(O)C2O)C1O. The lowest BCUT2D eigenvalue weighted by atomic mass is 9.33. The van der Waals surface area contributed by atoms with Crippen LogP contribution in [0.2, 0.25) is 0 Å². The lowest BCUT2D eigenvalue weighted by molar-refractivity contribution is -0.366. The Morgan fingerprint density at radius 1 is 0.652 bits per heavy atom. The number of carbonyl (C=O) groups is 2. The Balaban J connectivity index is 1.05. The van der Waals surface area contributed by atoms with Crippen molar-refractivity contribution in [3.63, 3.8) is 0 Å². The molecule has 24 unspecified atom stereocenters. The van der Waals surface area contributed by atoms with Gasteiger partial charge >= 0.3 is 11.9 Å². The maximum atomic E-state index is 14.7. The van der Waals surface area contributed by atoms with Crippen LogP contribution in [0.4, 0.5) is 0 Å². The topological polar surface area (TPSA) is 321 Å². The van der Waals surface area contributed by atoms with E-state index in [1.54, 1.807) is 0 Å². The molecule has 20 nitrogen and oxygen atoms in total. The highest BCUT2D eigenvalue weighted by atomic mass is 16.7. The second-order valence-electron chi connectivity index (χ2n) is 23.5. The van der Waals surface area contributed by atoms with Gasteiger partial charge in [0.25, 0.3) is 0 Å². The second-order valence-corrected chi connectivity index (χ2v) is 23.5. The first-order chi connectivity index (χ1) is 32.3. The lowest BCUT2D eigenvalue weighted by Crippen LogP contribution is -2.68. The van der Waals surface area contributed by atoms with Gasteiger partial charge in [-0.2, -0.15) is 0 Å². The molecule has 69 heavy (non-hydrogen) atoms. The first-order valence-electron chi connectivity index (χ1n) is 24.9. The van der Waals surface area contributed by atoms with Crippen molar-refractivity contribution < 1.29 is 98.9 Å². The van der Waals surface area contributed by atoms with Crippen molar-refractivity contribution in [3.05, 3.63) is 11.6 Å². The minimum Gasteiger partial charge on any atom is -0.467 e. The van der Waals surface area contributed by atoms with E-state index in [9.17, 15) is 65.8 Å². The molecular formula is C49H78O20. The van der Waals surface area contributed by atoms with Crippen molar-refractivity contribution in [3.8, 4) is 0 Å². The minimum absolute atomic E-state index is 0.101. The van der Waals surface area contributed by atoms with E-state index in [2.05, 4.69) is 40.7 Å². The van der Waals surface area contributed by atoms with Crippen LogP contribution in [0.1, 0.15) is 106 Å². The number of hydrogen-bond acceptors (Lipinski definition) is 20. The van der Waals surface area contributed by atoms with Gasteiger partial charge in [-0.3, -0.25) is 4.79 Å². The first kappa shape index (κ1) is 53.3. The lowest BCUT2D eigenvalue weighted by Gasteiger charge is -2.71. The molecule has 0 aromatic heterocycles. The van der Waals surface area contributed by atoms with E-state index in [-0.39, 0.29) is 46.0 Å². The molecule has 0 aromatic rings. The van der Waals surface area contributed by atoms with Crippen molar-refractivity contribution >= 4 is 11.9 Å². The summed E-state index contributed by atoms with van der Waals surface area (Å²) in [6, 6.07) is 0. The van der Waals surface area contributed by atoms with E-state index in [1.165, 1.54) is 5.57 Å². The summed E-state index contributed by atoms with van der Waals surface area (Å²) in [4.78, 5) is 27.7. The number of fused-ring (bicyclic) bond motifs is 7. The molecule has 8 aliphatic rings. The number of allylic oxidation sites excluding steroid dienone is 2. The Bertz CT molecular complexity index is 1910. The standard InChI is InChI=1S/C49H78O20/c1-44(2)14-16-49(43(62)69-41-34(58)32(56)30(54)25(20-51)65-41)17-15-47(5)22(23(49)18-44)8-9-27-45(3)12-11-28(46(4,21-52)26(45)10-13-48(27,47)6)66-42-36(60)37(35(59)38(68-42)39(61)63-7)67-40-33(57)31(55)29(53)24(19-50)64-40/h8,23-38,40-42,50-60H,9-21H2,1-7H3. The van der Waals surface area contributed by atoms with Crippen LogP contribution >= 0.6 is 0 Å². The third-order valence-electron chi connectivity index (χ3n) is 19.6. The van der Waals surface area contributed by atoms with Gasteiger partial charge in [0.05, 0.1) is 38.4 Å². The molecule has 0 bridgehead atoms. The van der Waals surface area contributed by atoms with Gasteiger partial charge in [0, 0.05) is 5.41 Å². The summed E-state index contributed by atoms with van der Waals surface area (Å²) in [5, 5.41) is 117. The summed E-state index contributed by atoms with van der Waals surface area (Å²) in [5.74, 6) is -1.73. The molecule has 0 spiro atoms. The summed E-state index contributed by atoms with van der Waals surface area (Å²) in [7, 11) is 1.08. The molecular weight excluding hydrogens is 909 g/mol. The molecule has 0 aromatic carbocycles. The monoisotopic (exact) mass is 987 g/mol. The van der Waals surface area contributed by atoms with Gasteiger partial charge in [-0.15, -0.1) is 0 Å². The molecule has 5 aliphatic carbocycles. The molecule has 7 fully saturated rings. The largest absolute Gasteiger partial charge is 0.467 e. The number of methoxy groups -OCH3 is 1. The van der Waals surface area contributed by atoms with Crippen molar-refractivity contribution in [2.45, 2.75) is 204 Å². The van der Waals surface area contributed by atoms with Crippen molar-refractivity contribution in [1.82, 2.24) is 0 Å². The first-order valence-corrected chi connectivity index (χ1v) is 24.9. The van der Waals surface area contributed by atoms with Gasteiger partial charge in [-0.1, -0.05) is 53.2 Å². The molecule has 3 saturated heterocycles. The number of hydrogen-bond donors (Lipinski definition) is 11. The van der Waals surface area contributed by atoms with E-state index < -0.39 is 134 Å². The average molecular weight is 987 g/mol. The van der Waals surface area contributed by atoms with Crippen LogP contribution in [-0.4, -0.2) is 193 Å². The molecule has 8 rings (SSSR count). The molecule has 20 heteroatoms. The van der Waals surface area contributed by atoms with E-state index >= 15 is 0 Å². The Hall–Kier alpha value is -1.96. The van der Waals surface area contributed by atoms with Crippen LogP contribution in [0.5, 0.6) is 0 Å². The predicted molar refractivity (Wildman–Crippen MR) is 237 cm³/mol. The second kappa shape index (κ2) is 19.1. The maximum absolute atomic E-state index is 14.7. The highest BCUT2D eigenvalue weighted by Gasteiger charge is 2.71. The van der Waals surface area contributed by atoms with Crippen molar-refractivity contribution in [2.24, 2.45) is 50.2 Å². The van der Waals surface area contributed by atoms with E-state index in [4.69, 9.17) is 33.2 Å². The third kappa shape index (κ3) is 8.36. The summed E-state index contributed by atoms with van der Waals surface area (Å²) in [6.45, 7) is 11.7. The third-order valence-corrected chi connectivity index (χ3v) is 19.6. The van der Waals surface area contributed by atoms with Crippen LogP contribution in [0.25, 0.3) is 0 Å². The average Bonchev–Trinajstić information content (AvgIpc) is 3.31. The molecule has 24 atom stereocenters. The van der Waals surface area contributed by atoms with Gasteiger partial charge < -0.3 is 89.3 Å². The Kier molecular flexibility index (Phi) is 14.7. The zero-order chi connectivity index (χ0) is 50.6. The summed E-state index contributed by atoms with van der Waals surface area (Å²) < 4.78 is 40.4. The predicted octanol–water partition coefficient (Wildman–Crippen LogP) is -0.706. The Morgan fingerprint density at radius 2 is 1.25 bits per heavy atom. The number of ether oxygens (including phenoxy) is 7. The fourth-order valence-electron chi connectivity index (χ4n) is 15.1. The number of aliphatic hydroxyl groups is 11. The Labute approximate surface area is 402 Å². The van der Waals surface area contributed by atoms with Crippen LogP contribution in [0.3, 0.4) is 0 Å². The summed E-state index contributed by atoms with van der Waals surface area (Å²) in [5.41, 5.74) is -1.69. The molecule has 0 amide bonds. The van der Waals surface area contributed by atoms with Gasteiger partial charge in [0.1, 0.15) is 67.1 Å². The molecule has 11 N–H and O–H groups in total. The molecule has 394 valence electrons. The summed E-state index contributed by atoms with van der Waals surface area (Å²) >= 11 is 0. The van der Waals surface area contributed by atoms with Gasteiger partial charge in [0.2, 0.25) is 6.29 Å². The molecule has 0 radical (unpaired) electrons. The van der Waals surface area contributed by atoms with Crippen LogP contribution in [-0.2, 0) is 42.7 Å². The van der Waals surface area contributed by atoms with Crippen LogP contribution in [0.15, 0.2) is 11.6 Å².